The first kappa shape index (κ1) is 16.9. The van der Waals surface area contributed by atoms with Gasteiger partial charge in [-0.25, -0.2) is 13.1 Å². The molecule has 0 amide bonds. The van der Waals surface area contributed by atoms with Gasteiger partial charge >= 0.3 is 0 Å². The Morgan fingerprint density at radius 3 is 2.83 bits per heavy atom. The third-order valence-corrected chi connectivity index (χ3v) is 5.77. The molecule has 1 N–H and O–H groups in total. The number of nitrogens with zero attached hydrogens (tertiary/aromatic N) is 2. The average Bonchev–Trinajstić information content (AvgIpc) is 3.17. The third-order valence-electron chi connectivity index (χ3n) is 3.52. The van der Waals surface area contributed by atoms with Crippen molar-refractivity contribution in [2.24, 2.45) is 0 Å². The van der Waals surface area contributed by atoms with Crippen LogP contribution < -0.4 is 4.72 Å². The summed E-state index contributed by atoms with van der Waals surface area (Å²) in [5.74, 6) is -0.00572. The van der Waals surface area contributed by atoms with Crippen LogP contribution in [-0.4, -0.2) is 24.7 Å². The number of aromatic nitrogens is 2. The Bertz CT molecular complexity index is 900. The second-order valence-electron chi connectivity index (χ2n) is 5.58. The highest BCUT2D eigenvalue weighted by atomic mass is 32.2. The Kier molecular flexibility index (Phi) is 5.13. The molecule has 0 aliphatic heterocycles. The van der Waals surface area contributed by atoms with Crippen molar-refractivity contribution in [1.82, 2.24) is 14.5 Å². The summed E-state index contributed by atoms with van der Waals surface area (Å²) >= 11 is 1.63. The zero-order valence-corrected chi connectivity index (χ0v) is 15.0. The Labute approximate surface area is 146 Å². The Morgan fingerprint density at radius 1 is 1.21 bits per heavy atom. The van der Waals surface area contributed by atoms with Gasteiger partial charge in [0.2, 0.25) is 10.0 Å². The lowest BCUT2D eigenvalue weighted by atomic mass is 10.2. The van der Waals surface area contributed by atoms with Crippen LogP contribution in [-0.2, 0) is 22.3 Å². The van der Waals surface area contributed by atoms with Crippen LogP contribution in [0.5, 0.6) is 0 Å². The Morgan fingerprint density at radius 2 is 2.08 bits per heavy atom. The van der Waals surface area contributed by atoms with E-state index < -0.39 is 10.0 Å². The topological polar surface area (TPSA) is 64.0 Å². The molecule has 0 fully saturated rings. The number of benzene rings is 1. The lowest BCUT2D eigenvalue weighted by Crippen LogP contribution is -2.28. The number of nitrogens with one attached hydrogen (secondary N) is 1. The highest BCUT2D eigenvalue weighted by Gasteiger charge is 2.11. The van der Waals surface area contributed by atoms with Crippen LogP contribution >= 0.6 is 11.3 Å². The lowest BCUT2D eigenvalue weighted by Gasteiger charge is -2.07. The molecule has 0 saturated heterocycles. The summed E-state index contributed by atoms with van der Waals surface area (Å²) in [6.07, 6.45) is 1.86. The summed E-state index contributed by atoms with van der Waals surface area (Å²) in [4.78, 5) is 1.11. The molecule has 0 aliphatic carbocycles. The maximum absolute atomic E-state index is 12.2. The van der Waals surface area contributed by atoms with E-state index in [4.69, 9.17) is 0 Å². The number of thiophene rings is 1. The van der Waals surface area contributed by atoms with Gasteiger partial charge in [0, 0.05) is 12.7 Å². The normalized spacial score (nSPS) is 11.7. The molecule has 0 atom stereocenters. The van der Waals surface area contributed by atoms with E-state index in [-0.39, 0.29) is 5.75 Å². The smallest absolute Gasteiger partial charge is 0.215 e. The predicted octanol–water partition coefficient (Wildman–Crippen LogP) is 3.04. The number of rotatable bonds is 7. The number of sulfonamides is 1. The minimum absolute atomic E-state index is 0.00572. The molecule has 5 nitrogen and oxygen atoms in total. The van der Waals surface area contributed by atoms with Crippen LogP contribution in [0.25, 0.3) is 10.6 Å². The van der Waals surface area contributed by atoms with Crippen LogP contribution in [0.4, 0.5) is 0 Å². The van der Waals surface area contributed by atoms with Gasteiger partial charge in [-0.1, -0.05) is 35.9 Å². The molecule has 1 aromatic carbocycles. The number of hydrogen-bond acceptors (Lipinski definition) is 4. The summed E-state index contributed by atoms with van der Waals surface area (Å²) in [6, 6.07) is 13.5. The number of aryl methyl sites for hydroxylation is 1. The van der Waals surface area contributed by atoms with Gasteiger partial charge in [0.1, 0.15) is 5.69 Å². The second-order valence-corrected chi connectivity index (χ2v) is 8.34. The van der Waals surface area contributed by atoms with Gasteiger partial charge in [0.15, 0.2) is 0 Å². The Hall–Kier alpha value is -1.96. The molecule has 24 heavy (non-hydrogen) atoms. The van der Waals surface area contributed by atoms with E-state index in [9.17, 15) is 8.42 Å². The van der Waals surface area contributed by atoms with Crippen LogP contribution in [0.2, 0.25) is 0 Å². The van der Waals surface area contributed by atoms with Crippen molar-refractivity contribution in [3.63, 3.8) is 0 Å². The van der Waals surface area contributed by atoms with Crippen molar-refractivity contribution in [3.05, 3.63) is 65.2 Å². The van der Waals surface area contributed by atoms with E-state index in [0.29, 0.717) is 13.1 Å². The molecule has 0 unspecified atom stereocenters. The SMILES string of the molecule is Cc1cccc(CS(=O)(=O)NCCn2ccc(-c3cccs3)n2)c1. The molecule has 0 saturated carbocycles. The van der Waals surface area contributed by atoms with Crippen molar-refractivity contribution < 1.29 is 8.42 Å². The van der Waals surface area contributed by atoms with E-state index in [1.807, 2.05) is 61.0 Å². The van der Waals surface area contributed by atoms with Crippen LogP contribution in [0.3, 0.4) is 0 Å². The highest BCUT2D eigenvalue weighted by molar-refractivity contribution is 7.88. The van der Waals surface area contributed by atoms with Gasteiger partial charge in [-0.2, -0.15) is 5.10 Å². The zero-order valence-electron chi connectivity index (χ0n) is 13.3. The van der Waals surface area contributed by atoms with Gasteiger partial charge < -0.3 is 0 Å². The van der Waals surface area contributed by atoms with Gasteiger partial charge in [-0.05, 0) is 30.0 Å². The fourth-order valence-electron chi connectivity index (χ4n) is 2.43. The van der Waals surface area contributed by atoms with E-state index in [1.165, 1.54) is 0 Å². The molecule has 0 aliphatic rings. The van der Waals surface area contributed by atoms with Crippen molar-refractivity contribution in [2.45, 2.75) is 19.2 Å². The van der Waals surface area contributed by atoms with E-state index in [1.54, 1.807) is 16.0 Å². The summed E-state index contributed by atoms with van der Waals surface area (Å²) in [6.45, 7) is 2.77. The first-order chi connectivity index (χ1) is 11.5. The molecule has 0 bridgehead atoms. The lowest BCUT2D eigenvalue weighted by molar-refractivity contribution is 0.560. The summed E-state index contributed by atoms with van der Waals surface area (Å²) in [5.41, 5.74) is 2.76. The molecule has 0 spiro atoms. The third kappa shape index (κ3) is 4.53. The molecule has 2 aromatic heterocycles. The minimum Gasteiger partial charge on any atom is -0.271 e. The van der Waals surface area contributed by atoms with Crippen LogP contribution in [0, 0.1) is 6.92 Å². The molecule has 3 aromatic rings. The predicted molar refractivity (Wildman–Crippen MR) is 97.3 cm³/mol. The summed E-state index contributed by atoms with van der Waals surface area (Å²) in [7, 11) is -3.35. The molecular weight excluding hydrogens is 342 g/mol. The zero-order chi connectivity index (χ0) is 17.0. The minimum atomic E-state index is -3.35. The average molecular weight is 361 g/mol. The van der Waals surface area contributed by atoms with E-state index in [2.05, 4.69) is 9.82 Å². The standard InChI is InChI=1S/C17H19N3O2S2/c1-14-4-2-5-15(12-14)13-24(21,22)18-8-10-20-9-7-16(19-20)17-6-3-11-23-17/h2-7,9,11-12,18H,8,10,13H2,1H3. The fourth-order valence-corrected chi connectivity index (χ4v) is 4.24. The van der Waals surface area contributed by atoms with Gasteiger partial charge in [0.05, 0.1) is 17.2 Å². The maximum atomic E-state index is 12.2. The first-order valence-electron chi connectivity index (χ1n) is 7.62. The largest absolute Gasteiger partial charge is 0.271 e. The number of hydrogen-bond donors (Lipinski definition) is 1. The van der Waals surface area contributed by atoms with Crippen molar-refractivity contribution in [1.29, 1.82) is 0 Å². The van der Waals surface area contributed by atoms with Gasteiger partial charge in [0.25, 0.3) is 0 Å². The van der Waals surface area contributed by atoms with Crippen molar-refractivity contribution in [3.8, 4) is 10.6 Å². The van der Waals surface area contributed by atoms with Crippen molar-refractivity contribution >= 4 is 21.4 Å². The molecule has 126 valence electrons. The van der Waals surface area contributed by atoms with E-state index in [0.717, 1.165) is 21.7 Å². The Balaban J connectivity index is 1.54. The molecule has 7 heteroatoms. The van der Waals surface area contributed by atoms with Gasteiger partial charge in [-0.3, -0.25) is 4.68 Å². The monoisotopic (exact) mass is 361 g/mol. The van der Waals surface area contributed by atoms with Crippen LogP contribution in [0.1, 0.15) is 11.1 Å². The second kappa shape index (κ2) is 7.29. The van der Waals surface area contributed by atoms with Crippen LogP contribution in [0.15, 0.2) is 54.0 Å². The molecule has 0 radical (unpaired) electrons. The summed E-state index contributed by atoms with van der Waals surface area (Å²) < 4.78 is 28.7. The molecule has 2 heterocycles. The summed E-state index contributed by atoms with van der Waals surface area (Å²) in [5, 5.41) is 6.47. The maximum Gasteiger partial charge on any atom is 0.215 e. The quantitative estimate of drug-likeness (QED) is 0.703. The van der Waals surface area contributed by atoms with Gasteiger partial charge in [-0.15, -0.1) is 11.3 Å². The fraction of sp³-hybridized carbons (Fsp3) is 0.235. The highest BCUT2D eigenvalue weighted by Crippen LogP contribution is 2.22. The first-order valence-corrected chi connectivity index (χ1v) is 10.2. The molecule has 3 rings (SSSR count). The van der Waals surface area contributed by atoms with E-state index >= 15 is 0 Å². The molecular formula is C17H19N3O2S2. The van der Waals surface area contributed by atoms with Crippen molar-refractivity contribution in [2.75, 3.05) is 6.54 Å².